The van der Waals surface area contributed by atoms with E-state index in [0.717, 1.165) is 19.7 Å². The van der Waals surface area contributed by atoms with Gasteiger partial charge in [-0.2, -0.15) is 0 Å². The number of morpholine rings is 1. The van der Waals surface area contributed by atoms with Crippen molar-refractivity contribution in [3.8, 4) is 5.75 Å². The average molecular weight is 236 g/mol. The lowest BCUT2D eigenvalue weighted by molar-refractivity contribution is -0.0404. The molecule has 1 aromatic rings. The largest absolute Gasteiger partial charge is 0.489 e. The average Bonchev–Trinajstić information content (AvgIpc) is 2.37. The van der Waals surface area contributed by atoms with Gasteiger partial charge in [-0.05, 0) is 19.2 Å². The van der Waals surface area contributed by atoms with Crippen LogP contribution in [0.3, 0.4) is 0 Å². The Labute approximate surface area is 100 Å². The minimum Gasteiger partial charge on any atom is -0.489 e. The van der Waals surface area contributed by atoms with Crippen molar-refractivity contribution in [1.29, 1.82) is 0 Å². The molecule has 2 heterocycles. The van der Waals surface area contributed by atoms with Crippen LogP contribution < -0.4 is 4.74 Å². The highest BCUT2D eigenvalue weighted by Gasteiger charge is 2.18. The second-order valence-corrected chi connectivity index (χ2v) is 4.10. The van der Waals surface area contributed by atoms with Gasteiger partial charge in [0.05, 0.1) is 12.8 Å². The maximum atomic E-state index is 10.4. The molecule has 1 aliphatic heterocycles. The number of ether oxygens (including phenoxy) is 2. The van der Waals surface area contributed by atoms with E-state index in [-0.39, 0.29) is 6.10 Å². The Hall–Kier alpha value is -1.46. The van der Waals surface area contributed by atoms with Gasteiger partial charge in [-0.25, -0.2) is 4.98 Å². The van der Waals surface area contributed by atoms with Crippen molar-refractivity contribution in [2.45, 2.75) is 6.10 Å². The summed E-state index contributed by atoms with van der Waals surface area (Å²) in [6.45, 7) is 3.09. The summed E-state index contributed by atoms with van der Waals surface area (Å²) in [7, 11) is 2.07. The standard InChI is InChI=1S/C12H16N2O3/c1-14-4-5-16-12(7-14)9-17-11-3-2-10(8-15)13-6-11/h2-3,6,8,12H,4-5,7,9H2,1H3. The molecular weight excluding hydrogens is 220 g/mol. The van der Waals surface area contributed by atoms with E-state index in [2.05, 4.69) is 16.9 Å². The molecule has 0 N–H and O–H groups in total. The first kappa shape index (κ1) is 12.0. The molecule has 0 radical (unpaired) electrons. The van der Waals surface area contributed by atoms with E-state index in [1.807, 2.05) is 0 Å². The van der Waals surface area contributed by atoms with Gasteiger partial charge in [0, 0.05) is 13.1 Å². The van der Waals surface area contributed by atoms with Crippen LogP contribution in [0.4, 0.5) is 0 Å². The Balaban J connectivity index is 1.82. The smallest absolute Gasteiger partial charge is 0.168 e. The summed E-state index contributed by atoms with van der Waals surface area (Å²) in [5.41, 5.74) is 0.408. The topological polar surface area (TPSA) is 51.7 Å². The first-order valence-corrected chi connectivity index (χ1v) is 5.62. The van der Waals surface area contributed by atoms with Gasteiger partial charge in [-0.3, -0.25) is 4.79 Å². The van der Waals surface area contributed by atoms with Crippen LogP contribution >= 0.6 is 0 Å². The fraction of sp³-hybridized carbons (Fsp3) is 0.500. The van der Waals surface area contributed by atoms with Gasteiger partial charge in [0.1, 0.15) is 24.2 Å². The monoisotopic (exact) mass is 236 g/mol. The van der Waals surface area contributed by atoms with Gasteiger partial charge < -0.3 is 14.4 Å². The Kier molecular flexibility index (Phi) is 4.06. The number of pyridine rings is 1. The van der Waals surface area contributed by atoms with E-state index >= 15 is 0 Å². The number of nitrogens with zero attached hydrogens (tertiary/aromatic N) is 2. The summed E-state index contributed by atoms with van der Waals surface area (Å²) in [4.78, 5) is 16.6. The number of aldehydes is 1. The van der Waals surface area contributed by atoms with E-state index < -0.39 is 0 Å². The van der Waals surface area contributed by atoms with E-state index in [1.54, 1.807) is 18.3 Å². The molecule has 0 aromatic carbocycles. The molecule has 1 unspecified atom stereocenters. The second-order valence-electron chi connectivity index (χ2n) is 4.10. The number of hydrogen-bond acceptors (Lipinski definition) is 5. The van der Waals surface area contributed by atoms with Crippen molar-refractivity contribution in [2.24, 2.45) is 0 Å². The van der Waals surface area contributed by atoms with Gasteiger partial charge in [-0.1, -0.05) is 0 Å². The molecule has 0 aliphatic carbocycles. The van der Waals surface area contributed by atoms with Crippen LogP contribution in [0.2, 0.25) is 0 Å². The van der Waals surface area contributed by atoms with Gasteiger partial charge in [-0.15, -0.1) is 0 Å². The van der Waals surface area contributed by atoms with E-state index in [1.165, 1.54) is 0 Å². The maximum Gasteiger partial charge on any atom is 0.168 e. The Morgan fingerprint density at radius 2 is 2.53 bits per heavy atom. The lowest BCUT2D eigenvalue weighted by atomic mass is 10.3. The molecule has 5 nitrogen and oxygen atoms in total. The molecule has 92 valence electrons. The fourth-order valence-electron chi connectivity index (χ4n) is 1.70. The minimum absolute atomic E-state index is 0.0968. The molecule has 0 bridgehead atoms. The summed E-state index contributed by atoms with van der Waals surface area (Å²) in [5, 5.41) is 0. The third-order valence-electron chi connectivity index (χ3n) is 2.66. The third-order valence-corrected chi connectivity index (χ3v) is 2.66. The molecule has 1 fully saturated rings. The Bertz CT molecular complexity index is 367. The fourth-order valence-corrected chi connectivity index (χ4v) is 1.70. The number of carbonyl (C=O) groups excluding carboxylic acids is 1. The lowest BCUT2D eigenvalue weighted by Crippen LogP contribution is -2.42. The van der Waals surface area contributed by atoms with Crippen molar-refractivity contribution < 1.29 is 14.3 Å². The molecule has 0 amide bonds. The zero-order chi connectivity index (χ0) is 12.1. The Morgan fingerprint density at radius 1 is 1.65 bits per heavy atom. The third kappa shape index (κ3) is 3.51. The summed E-state index contributed by atoms with van der Waals surface area (Å²) in [5.74, 6) is 0.660. The second kappa shape index (κ2) is 5.75. The summed E-state index contributed by atoms with van der Waals surface area (Å²) in [6, 6.07) is 3.37. The molecule has 5 heteroatoms. The first-order chi connectivity index (χ1) is 8.28. The highest BCUT2D eigenvalue weighted by atomic mass is 16.5. The van der Waals surface area contributed by atoms with Crippen LogP contribution in [0.15, 0.2) is 18.3 Å². The van der Waals surface area contributed by atoms with Crippen LogP contribution in [-0.4, -0.2) is 55.6 Å². The molecule has 2 rings (SSSR count). The Morgan fingerprint density at radius 3 is 3.18 bits per heavy atom. The molecule has 1 aromatic heterocycles. The molecule has 0 saturated carbocycles. The van der Waals surface area contributed by atoms with Crippen LogP contribution in [0.5, 0.6) is 5.75 Å². The molecular formula is C12H16N2O3. The van der Waals surface area contributed by atoms with Crippen LogP contribution in [0.25, 0.3) is 0 Å². The zero-order valence-corrected chi connectivity index (χ0v) is 9.83. The molecule has 1 saturated heterocycles. The molecule has 1 aliphatic rings. The first-order valence-electron chi connectivity index (χ1n) is 5.62. The van der Waals surface area contributed by atoms with Gasteiger partial charge in [0.15, 0.2) is 6.29 Å². The number of carbonyl (C=O) groups is 1. The summed E-state index contributed by atoms with van der Waals surface area (Å²) in [6.07, 6.45) is 2.36. The number of rotatable bonds is 4. The van der Waals surface area contributed by atoms with Crippen molar-refractivity contribution in [3.63, 3.8) is 0 Å². The zero-order valence-electron chi connectivity index (χ0n) is 9.83. The molecule has 17 heavy (non-hydrogen) atoms. The molecule has 0 spiro atoms. The number of likely N-dealkylation sites (N-methyl/N-ethyl adjacent to an activating group) is 1. The van der Waals surface area contributed by atoms with E-state index in [4.69, 9.17) is 9.47 Å². The highest BCUT2D eigenvalue weighted by molar-refractivity contribution is 5.71. The van der Waals surface area contributed by atoms with Gasteiger partial charge >= 0.3 is 0 Å². The van der Waals surface area contributed by atoms with E-state index in [0.29, 0.717) is 24.3 Å². The lowest BCUT2D eigenvalue weighted by Gasteiger charge is -2.29. The minimum atomic E-state index is 0.0968. The summed E-state index contributed by atoms with van der Waals surface area (Å²) < 4.78 is 11.1. The van der Waals surface area contributed by atoms with Crippen LogP contribution in [0, 0.1) is 0 Å². The normalized spacial score (nSPS) is 21.1. The van der Waals surface area contributed by atoms with Crippen molar-refractivity contribution in [3.05, 3.63) is 24.0 Å². The van der Waals surface area contributed by atoms with Gasteiger partial charge in [0.25, 0.3) is 0 Å². The van der Waals surface area contributed by atoms with Crippen LogP contribution in [-0.2, 0) is 4.74 Å². The van der Waals surface area contributed by atoms with Gasteiger partial charge in [0.2, 0.25) is 0 Å². The van der Waals surface area contributed by atoms with E-state index in [9.17, 15) is 4.79 Å². The van der Waals surface area contributed by atoms with Crippen molar-refractivity contribution >= 4 is 6.29 Å². The highest BCUT2D eigenvalue weighted by Crippen LogP contribution is 2.10. The predicted molar refractivity (Wildman–Crippen MR) is 62.4 cm³/mol. The number of aromatic nitrogens is 1. The predicted octanol–water partition coefficient (Wildman–Crippen LogP) is 0.603. The summed E-state index contributed by atoms with van der Waals surface area (Å²) >= 11 is 0. The molecule has 1 atom stereocenters. The van der Waals surface area contributed by atoms with Crippen molar-refractivity contribution in [2.75, 3.05) is 33.4 Å². The maximum absolute atomic E-state index is 10.4. The van der Waals surface area contributed by atoms with Crippen LogP contribution in [0.1, 0.15) is 10.5 Å². The SMILES string of the molecule is CN1CCOC(COc2ccc(C=O)nc2)C1. The van der Waals surface area contributed by atoms with Crippen molar-refractivity contribution in [1.82, 2.24) is 9.88 Å². The quantitative estimate of drug-likeness (QED) is 0.717. The number of hydrogen-bond donors (Lipinski definition) is 0.